The first-order valence-corrected chi connectivity index (χ1v) is 9.70. The summed E-state index contributed by atoms with van der Waals surface area (Å²) in [5, 5.41) is 22.2. The van der Waals surface area contributed by atoms with Crippen LogP contribution in [0.25, 0.3) is 0 Å². The number of anilines is 1. The number of hydrogen-bond acceptors (Lipinski definition) is 8. The number of ether oxygens (including phenoxy) is 1. The van der Waals surface area contributed by atoms with E-state index in [1.54, 1.807) is 0 Å². The molecule has 0 atom stereocenters. The molecule has 2 aromatic carbocycles. The monoisotopic (exact) mass is 423 g/mol. The Hall–Kier alpha value is -3.54. The summed E-state index contributed by atoms with van der Waals surface area (Å²) in [6.07, 6.45) is 0. The number of rotatable bonds is 8. The molecule has 0 aliphatic carbocycles. The van der Waals surface area contributed by atoms with Crippen molar-refractivity contribution in [3.63, 3.8) is 0 Å². The van der Waals surface area contributed by atoms with E-state index in [9.17, 15) is 33.4 Å². The van der Waals surface area contributed by atoms with Crippen LogP contribution in [0.5, 0.6) is 0 Å². The summed E-state index contributed by atoms with van der Waals surface area (Å²) in [5.74, 6) is -0.882. The van der Waals surface area contributed by atoms with Gasteiger partial charge in [0.25, 0.3) is 21.4 Å². The first-order valence-electron chi connectivity index (χ1n) is 8.26. The third-order valence-electron chi connectivity index (χ3n) is 3.94. The minimum Gasteiger partial charge on any atom is -0.465 e. The molecule has 11 nitrogen and oxygen atoms in total. The Labute approximate surface area is 165 Å². The molecule has 0 fully saturated rings. The minimum atomic E-state index is -4.48. The van der Waals surface area contributed by atoms with Gasteiger partial charge in [-0.3, -0.25) is 29.3 Å². The highest BCUT2D eigenvalue weighted by molar-refractivity contribution is 7.92. The Balaban J connectivity index is 2.67. The molecule has 0 heterocycles. The van der Waals surface area contributed by atoms with Gasteiger partial charge in [-0.25, -0.2) is 8.42 Å². The van der Waals surface area contributed by atoms with Crippen molar-refractivity contribution in [2.24, 2.45) is 0 Å². The van der Waals surface area contributed by atoms with E-state index in [-0.39, 0.29) is 23.5 Å². The number of carbonyl (C=O) groups is 1. The van der Waals surface area contributed by atoms with Gasteiger partial charge in [-0.2, -0.15) is 0 Å². The van der Waals surface area contributed by atoms with Crippen molar-refractivity contribution in [2.45, 2.75) is 18.7 Å². The van der Waals surface area contributed by atoms with Crippen LogP contribution in [0.4, 0.5) is 17.1 Å². The molecular weight excluding hydrogens is 406 g/mol. The molecule has 2 aromatic rings. The van der Waals surface area contributed by atoms with E-state index in [1.165, 1.54) is 38.1 Å². The van der Waals surface area contributed by atoms with Gasteiger partial charge in [0.05, 0.1) is 32.6 Å². The lowest BCUT2D eigenvalue weighted by Gasteiger charge is -2.25. The topological polar surface area (TPSA) is 150 Å². The molecule has 0 aliphatic rings. The highest BCUT2D eigenvalue weighted by Gasteiger charge is 2.31. The summed E-state index contributed by atoms with van der Waals surface area (Å²) in [6, 6.07) is 8.06. The number of benzene rings is 2. The fourth-order valence-electron chi connectivity index (χ4n) is 2.59. The maximum absolute atomic E-state index is 13.2. The van der Waals surface area contributed by atoms with Gasteiger partial charge in [0.2, 0.25) is 0 Å². The van der Waals surface area contributed by atoms with Crippen molar-refractivity contribution in [1.82, 2.24) is 0 Å². The van der Waals surface area contributed by atoms with Gasteiger partial charge in [-0.15, -0.1) is 0 Å². The summed E-state index contributed by atoms with van der Waals surface area (Å²) in [7, 11) is -4.48. The van der Waals surface area contributed by atoms with Crippen molar-refractivity contribution in [1.29, 1.82) is 0 Å². The van der Waals surface area contributed by atoms with Gasteiger partial charge < -0.3 is 4.74 Å². The maximum atomic E-state index is 13.2. The van der Waals surface area contributed by atoms with Gasteiger partial charge in [-0.05, 0) is 26.0 Å². The lowest BCUT2D eigenvalue weighted by Crippen LogP contribution is -2.37. The Kier molecular flexibility index (Phi) is 6.49. The molecule has 0 saturated heterocycles. The number of non-ortho nitro benzene ring substituents is 1. The van der Waals surface area contributed by atoms with Crippen LogP contribution in [-0.2, 0) is 19.6 Å². The van der Waals surface area contributed by atoms with Crippen molar-refractivity contribution in [2.75, 3.05) is 17.5 Å². The Morgan fingerprint density at radius 3 is 2.34 bits per heavy atom. The number of nitro groups is 2. The minimum absolute atomic E-state index is 0.00253. The van der Waals surface area contributed by atoms with Gasteiger partial charge >= 0.3 is 5.97 Å². The SMILES string of the molecule is CCOC(=O)CN(c1cccc([N+](=O)[O-])c1C)S(=O)(=O)c1cccc([N+](=O)[O-])c1. The number of esters is 1. The van der Waals surface area contributed by atoms with Gasteiger partial charge in [-0.1, -0.05) is 12.1 Å². The van der Waals surface area contributed by atoms with E-state index in [0.717, 1.165) is 18.2 Å². The summed E-state index contributed by atoms with van der Waals surface area (Å²) in [4.78, 5) is 32.4. The zero-order valence-electron chi connectivity index (χ0n) is 15.5. The average molecular weight is 423 g/mol. The Morgan fingerprint density at radius 2 is 1.76 bits per heavy atom. The molecule has 0 saturated carbocycles. The molecule has 0 aliphatic heterocycles. The number of nitrogens with zero attached hydrogens (tertiary/aromatic N) is 3. The first kappa shape index (κ1) is 21.8. The summed E-state index contributed by atoms with van der Waals surface area (Å²) in [5.41, 5.74) is -0.905. The summed E-state index contributed by atoms with van der Waals surface area (Å²) >= 11 is 0. The van der Waals surface area contributed by atoms with Crippen LogP contribution in [0, 0.1) is 27.2 Å². The highest BCUT2D eigenvalue weighted by atomic mass is 32.2. The van der Waals surface area contributed by atoms with E-state index < -0.39 is 43.0 Å². The van der Waals surface area contributed by atoms with Crippen molar-refractivity contribution < 1.29 is 27.8 Å². The standard InChI is InChI=1S/C17H17N3O8S/c1-3-28-17(21)11-18(15-8-5-9-16(12(15)2)20(24)25)29(26,27)14-7-4-6-13(10-14)19(22)23/h4-10H,3,11H2,1-2H3. The zero-order valence-corrected chi connectivity index (χ0v) is 16.3. The molecule has 29 heavy (non-hydrogen) atoms. The predicted molar refractivity (Wildman–Crippen MR) is 102 cm³/mol. The predicted octanol–water partition coefficient (Wildman–Crippen LogP) is 2.57. The lowest BCUT2D eigenvalue weighted by atomic mass is 10.1. The molecule has 154 valence electrons. The van der Waals surface area contributed by atoms with E-state index >= 15 is 0 Å². The fraction of sp³-hybridized carbons (Fsp3) is 0.235. The fourth-order valence-corrected chi connectivity index (χ4v) is 4.09. The number of hydrogen-bond donors (Lipinski definition) is 0. The molecule has 0 spiro atoms. The van der Waals surface area contributed by atoms with E-state index in [1.807, 2.05) is 0 Å². The van der Waals surface area contributed by atoms with Crippen LogP contribution >= 0.6 is 0 Å². The van der Waals surface area contributed by atoms with Crippen molar-refractivity contribution >= 4 is 33.1 Å². The van der Waals surface area contributed by atoms with Crippen molar-refractivity contribution in [3.8, 4) is 0 Å². The first-order chi connectivity index (χ1) is 13.6. The summed E-state index contributed by atoms with van der Waals surface area (Å²) in [6.45, 7) is 2.11. The number of carbonyl (C=O) groups excluding carboxylic acids is 1. The molecule has 0 radical (unpaired) electrons. The Bertz CT molecular complexity index is 1070. The number of sulfonamides is 1. The second kappa shape index (κ2) is 8.65. The Morgan fingerprint density at radius 1 is 1.10 bits per heavy atom. The average Bonchev–Trinajstić information content (AvgIpc) is 2.66. The molecule has 12 heteroatoms. The smallest absolute Gasteiger partial charge is 0.326 e. The van der Waals surface area contributed by atoms with Gasteiger partial charge in [0, 0.05) is 18.2 Å². The van der Waals surface area contributed by atoms with Crippen LogP contribution in [0.1, 0.15) is 12.5 Å². The van der Waals surface area contributed by atoms with Gasteiger partial charge in [0.1, 0.15) is 6.54 Å². The normalized spacial score (nSPS) is 11.0. The van der Waals surface area contributed by atoms with E-state index in [4.69, 9.17) is 4.74 Å². The van der Waals surface area contributed by atoms with Crippen LogP contribution < -0.4 is 4.31 Å². The molecule has 0 amide bonds. The molecular formula is C17H17N3O8S. The molecule has 2 rings (SSSR count). The van der Waals surface area contributed by atoms with E-state index in [2.05, 4.69) is 0 Å². The van der Waals surface area contributed by atoms with Gasteiger partial charge in [0.15, 0.2) is 0 Å². The largest absolute Gasteiger partial charge is 0.465 e. The molecule has 0 aromatic heterocycles. The lowest BCUT2D eigenvalue weighted by molar-refractivity contribution is -0.385. The van der Waals surface area contributed by atoms with E-state index in [0.29, 0.717) is 4.31 Å². The highest BCUT2D eigenvalue weighted by Crippen LogP contribution is 2.32. The molecule has 0 unspecified atom stereocenters. The van der Waals surface area contributed by atoms with Crippen LogP contribution in [0.3, 0.4) is 0 Å². The third kappa shape index (κ3) is 4.66. The maximum Gasteiger partial charge on any atom is 0.326 e. The van der Waals surface area contributed by atoms with Crippen molar-refractivity contribution in [3.05, 3.63) is 68.3 Å². The summed E-state index contributed by atoms with van der Waals surface area (Å²) < 4.78 is 31.9. The molecule has 0 N–H and O–H groups in total. The van der Waals surface area contributed by atoms with Crippen LogP contribution in [0.15, 0.2) is 47.4 Å². The van der Waals surface area contributed by atoms with Crippen LogP contribution in [0.2, 0.25) is 0 Å². The third-order valence-corrected chi connectivity index (χ3v) is 5.69. The van der Waals surface area contributed by atoms with Crippen LogP contribution in [-0.4, -0.2) is 37.4 Å². The zero-order chi connectivity index (χ0) is 21.8. The quantitative estimate of drug-likeness (QED) is 0.357. The second-order valence-electron chi connectivity index (χ2n) is 5.75. The molecule has 0 bridgehead atoms. The number of nitro benzene ring substituents is 2. The second-order valence-corrected chi connectivity index (χ2v) is 7.61.